The second kappa shape index (κ2) is 6.89. The van der Waals surface area contributed by atoms with Crippen molar-refractivity contribution in [3.05, 3.63) is 0 Å². The summed E-state index contributed by atoms with van der Waals surface area (Å²) in [4.78, 5) is 11.2. The van der Waals surface area contributed by atoms with Crippen molar-refractivity contribution >= 4 is 5.91 Å². The fraction of sp³-hybridized carbons (Fsp3) is 0.900. The van der Waals surface area contributed by atoms with Gasteiger partial charge in [0.05, 0.1) is 0 Å². The van der Waals surface area contributed by atoms with Crippen LogP contribution in [0.4, 0.5) is 0 Å². The number of nitrogens with two attached hydrogens (primary N) is 1. The van der Waals surface area contributed by atoms with Gasteiger partial charge in [0, 0.05) is 19.0 Å². The average Bonchev–Trinajstić information content (AvgIpc) is 2.05. The van der Waals surface area contributed by atoms with Crippen LogP contribution in [0.5, 0.6) is 0 Å². The van der Waals surface area contributed by atoms with Gasteiger partial charge in [-0.15, -0.1) is 0 Å². The molecule has 0 radical (unpaired) electrons. The minimum Gasteiger partial charge on any atom is -0.356 e. The van der Waals surface area contributed by atoms with E-state index < -0.39 is 0 Å². The van der Waals surface area contributed by atoms with Crippen LogP contribution in [0.1, 0.15) is 40.0 Å². The zero-order valence-corrected chi connectivity index (χ0v) is 8.97. The molecule has 0 aliphatic carbocycles. The normalized spacial score (nSPS) is 13.0. The minimum absolute atomic E-state index is 0.0401. The SMILES string of the molecule is CCC(CC)CNC(=O)CC(C)N. The van der Waals surface area contributed by atoms with E-state index in [0.717, 1.165) is 19.4 Å². The Bertz CT molecular complexity index is 142. The van der Waals surface area contributed by atoms with Crippen molar-refractivity contribution in [1.82, 2.24) is 5.32 Å². The second-order valence-corrected chi connectivity index (χ2v) is 3.67. The number of amides is 1. The highest BCUT2D eigenvalue weighted by Gasteiger charge is 2.07. The Labute approximate surface area is 81.1 Å². The number of nitrogens with one attached hydrogen (secondary N) is 1. The first-order valence-corrected chi connectivity index (χ1v) is 5.12. The van der Waals surface area contributed by atoms with E-state index in [1.54, 1.807) is 0 Å². The molecule has 0 aliphatic rings. The van der Waals surface area contributed by atoms with Gasteiger partial charge in [0.15, 0.2) is 0 Å². The van der Waals surface area contributed by atoms with Crippen molar-refractivity contribution in [3.63, 3.8) is 0 Å². The van der Waals surface area contributed by atoms with Gasteiger partial charge in [-0.05, 0) is 12.8 Å². The van der Waals surface area contributed by atoms with Crippen LogP contribution >= 0.6 is 0 Å². The first kappa shape index (κ1) is 12.4. The van der Waals surface area contributed by atoms with Crippen LogP contribution < -0.4 is 11.1 Å². The van der Waals surface area contributed by atoms with Crippen molar-refractivity contribution in [2.45, 2.75) is 46.1 Å². The predicted molar refractivity (Wildman–Crippen MR) is 55.3 cm³/mol. The second-order valence-electron chi connectivity index (χ2n) is 3.67. The third-order valence-electron chi connectivity index (χ3n) is 2.25. The third-order valence-corrected chi connectivity index (χ3v) is 2.25. The molecule has 0 saturated carbocycles. The van der Waals surface area contributed by atoms with Crippen LogP contribution in [0.3, 0.4) is 0 Å². The molecule has 0 aromatic rings. The Balaban J connectivity index is 3.56. The summed E-state index contributed by atoms with van der Waals surface area (Å²) >= 11 is 0. The molecule has 0 aliphatic heterocycles. The molecule has 1 unspecified atom stereocenters. The van der Waals surface area contributed by atoms with Gasteiger partial charge in [0.25, 0.3) is 0 Å². The monoisotopic (exact) mass is 186 g/mol. The molecule has 0 rings (SSSR count). The van der Waals surface area contributed by atoms with E-state index in [4.69, 9.17) is 5.73 Å². The fourth-order valence-corrected chi connectivity index (χ4v) is 1.20. The molecule has 1 atom stereocenters. The zero-order valence-electron chi connectivity index (χ0n) is 8.97. The summed E-state index contributed by atoms with van der Waals surface area (Å²) in [6, 6.07) is -0.0401. The molecule has 3 N–H and O–H groups in total. The van der Waals surface area contributed by atoms with E-state index in [2.05, 4.69) is 19.2 Å². The predicted octanol–water partition coefficient (Wildman–Crippen LogP) is 1.28. The van der Waals surface area contributed by atoms with Crippen molar-refractivity contribution in [2.75, 3.05) is 6.54 Å². The molecule has 78 valence electrons. The van der Waals surface area contributed by atoms with Crippen LogP contribution in [0.25, 0.3) is 0 Å². The first-order chi connectivity index (χ1) is 6.10. The largest absolute Gasteiger partial charge is 0.356 e. The molecular weight excluding hydrogens is 164 g/mol. The number of hydrogen-bond donors (Lipinski definition) is 2. The van der Waals surface area contributed by atoms with Crippen molar-refractivity contribution in [2.24, 2.45) is 11.7 Å². The van der Waals surface area contributed by atoms with Gasteiger partial charge in [0.1, 0.15) is 0 Å². The summed E-state index contributed by atoms with van der Waals surface area (Å²) in [7, 11) is 0. The highest BCUT2D eigenvalue weighted by atomic mass is 16.1. The fourth-order valence-electron chi connectivity index (χ4n) is 1.20. The van der Waals surface area contributed by atoms with Crippen molar-refractivity contribution in [1.29, 1.82) is 0 Å². The van der Waals surface area contributed by atoms with E-state index in [-0.39, 0.29) is 11.9 Å². The van der Waals surface area contributed by atoms with Crippen LogP contribution in [-0.4, -0.2) is 18.5 Å². The Kier molecular flexibility index (Phi) is 6.59. The van der Waals surface area contributed by atoms with E-state index in [1.807, 2.05) is 6.92 Å². The van der Waals surface area contributed by atoms with Crippen LogP contribution in [0.15, 0.2) is 0 Å². The Morgan fingerprint density at radius 1 is 1.38 bits per heavy atom. The Morgan fingerprint density at radius 2 is 1.92 bits per heavy atom. The minimum atomic E-state index is -0.0401. The average molecular weight is 186 g/mol. The third kappa shape index (κ3) is 6.58. The summed E-state index contributed by atoms with van der Waals surface area (Å²) < 4.78 is 0. The lowest BCUT2D eigenvalue weighted by molar-refractivity contribution is -0.121. The summed E-state index contributed by atoms with van der Waals surface area (Å²) in [5.41, 5.74) is 5.50. The van der Waals surface area contributed by atoms with Crippen LogP contribution in [0, 0.1) is 5.92 Å². The van der Waals surface area contributed by atoms with Gasteiger partial charge < -0.3 is 11.1 Å². The number of carbonyl (C=O) groups is 1. The molecule has 0 saturated heterocycles. The van der Waals surface area contributed by atoms with E-state index >= 15 is 0 Å². The molecule has 0 aromatic heterocycles. The van der Waals surface area contributed by atoms with Crippen LogP contribution in [0.2, 0.25) is 0 Å². The van der Waals surface area contributed by atoms with Gasteiger partial charge in [-0.25, -0.2) is 0 Å². The van der Waals surface area contributed by atoms with Crippen molar-refractivity contribution in [3.8, 4) is 0 Å². The molecule has 13 heavy (non-hydrogen) atoms. The highest BCUT2D eigenvalue weighted by molar-refractivity contribution is 5.76. The summed E-state index contributed by atoms with van der Waals surface area (Å²) in [6.07, 6.45) is 2.67. The molecule has 1 amide bonds. The van der Waals surface area contributed by atoms with Gasteiger partial charge in [-0.2, -0.15) is 0 Å². The maximum Gasteiger partial charge on any atom is 0.221 e. The molecule has 3 nitrogen and oxygen atoms in total. The quantitative estimate of drug-likeness (QED) is 0.656. The Hall–Kier alpha value is -0.570. The van der Waals surface area contributed by atoms with Gasteiger partial charge in [-0.3, -0.25) is 4.79 Å². The van der Waals surface area contributed by atoms with Gasteiger partial charge >= 0.3 is 0 Å². The molecule has 0 aromatic carbocycles. The van der Waals surface area contributed by atoms with Gasteiger partial charge in [-0.1, -0.05) is 26.7 Å². The van der Waals surface area contributed by atoms with Crippen molar-refractivity contribution < 1.29 is 4.79 Å². The first-order valence-electron chi connectivity index (χ1n) is 5.12. The van der Waals surface area contributed by atoms with Gasteiger partial charge in [0.2, 0.25) is 5.91 Å². The van der Waals surface area contributed by atoms with E-state index in [1.165, 1.54) is 0 Å². The molecular formula is C10H22N2O. The lowest BCUT2D eigenvalue weighted by atomic mass is 10.0. The molecule has 0 bridgehead atoms. The maximum atomic E-state index is 11.2. The number of hydrogen-bond acceptors (Lipinski definition) is 2. The smallest absolute Gasteiger partial charge is 0.221 e. The Morgan fingerprint density at radius 3 is 2.31 bits per heavy atom. The highest BCUT2D eigenvalue weighted by Crippen LogP contribution is 2.05. The standard InChI is InChI=1S/C10H22N2O/c1-4-9(5-2)7-12-10(13)6-8(3)11/h8-9H,4-7,11H2,1-3H3,(H,12,13). The summed E-state index contributed by atoms with van der Waals surface area (Å²) in [6.45, 7) is 6.92. The van der Waals surface area contributed by atoms with E-state index in [9.17, 15) is 4.79 Å². The summed E-state index contributed by atoms with van der Waals surface area (Å²) in [5.74, 6) is 0.680. The molecule has 0 heterocycles. The molecule has 0 spiro atoms. The topological polar surface area (TPSA) is 55.1 Å². The lowest BCUT2D eigenvalue weighted by Crippen LogP contribution is -2.33. The number of carbonyl (C=O) groups excluding carboxylic acids is 1. The number of rotatable bonds is 6. The van der Waals surface area contributed by atoms with E-state index in [0.29, 0.717) is 12.3 Å². The lowest BCUT2D eigenvalue weighted by Gasteiger charge is -2.13. The molecule has 3 heteroatoms. The molecule has 0 fully saturated rings. The summed E-state index contributed by atoms with van der Waals surface area (Å²) in [5, 5.41) is 2.90. The zero-order chi connectivity index (χ0) is 10.3. The van der Waals surface area contributed by atoms with Crippen LogP contribution in [-0.2, 0) is 4.79 Å². The maximum absolute atomic E-state index is 11.2.